The molecule has 0 saturated carbocycles. The first-order valence-electron chi connectivity index (χ1n) is 5.71. The lowest BCUT2D eigenvalue weighted by molar-refractivity contribution is -0.146. The van der Waals surface area contributed by atoms with E-state index >= 15 is 0 Å². The number of carboxylic acids is 1. The summed E-state index contributed by atoms with van der Waals surface area (Å²) < 4.78 is 25.6. The minimum atomic E-state index is -3.61. The number of sulfonamides is 1. The molecule has 1 unspecified atom stereocenters. The number of nitrogens with zero attached hydrogens (tertiary/aromatic N) is 1. The van der Waals surface area contributed by atoms with Gasteiger partial charge >= 0.3 is 5.97 Å². The van der Waals surface area contributed by atoms with Gasteiger partial charge in [-0.05, 0) is 24.1 Å². The standard InChI is InChI=1S/C12H14N2O5S/c13-7-9-1-3-10(4-2-9)8-20(18,19)14-6-5-11(15)12(16)17/h1-4,11,14-15H,5-6,8H2,(H,16,17). The number of rotatable bonds is 7. The van der Waals surface area contributed by atoms with E-state index in [0.717, 1.165) is 0 Å². The predicted molar refractivity (Wildman–Crippen MR) is 70.0 cm³/mol. The third kappa shape index (κ3) is 5.36. The molecule has 108 valence electrons. The monoisotopic (exact) mass is 298 g/mol. The van der Waals surface area contributed by atoms with Crippen molar-refractivity contribution >= 4 is 16.0 Å². The molecule has 0 heterocycles. The van der Waals surface area contributed by atoms with Crippen molar-refractivity contribution in [3.8, 4) is 6.07 Å². The molecule has 7 nitrogen and oxygen atoms in total. The number of nitriles is 1. The number of hydrogen-bond acceptors (Lipinski definition) is 5. The summed E-state index contributed by atoms with van der Waals surface area (Å²) >= 11 is 0. The van der Waals surface area contributed by atoms with Gasteiger partial charge in [-0.2, -0.15) is 5.26 Å². The third-order valence-corrected chi connectivity index (χ3v) is 3.82. The average Bonchev–Trinajstić information content (AvgIpc) is 2.38. The molecule has 0 aliphatic heterocycles. The van der Waals surface area contributed by atoms with Gasteiger partial charge in [-0.3, -0.25) is 0 Å². The Morgan fingerprint density at radius 3 is 2.45 bits per heavy atom. The van der Waals surface area contributed by atoms with Gasteiger partial charge in [0.15, 0.2) is 6.10 Å². The second-order valence-corrected chi connectivity index (χ2v) is 5.91. The Hall–Kier alpha value is -1.95. The largest absolute Gasteiger partial charge is 0.479 e. The lowest BCUT2D eigenvalue weighted by atomic mass is 10.2. The van der Waals surface area contributed by atoms with Gasteiger partial charge in [0.1, 0.15) is 0 Å². The van der Waals surface area contributed by atoms with Crippen LogP contribution >= 0.6 is 0 Å². The van der Waals surface area contributed by atoms with Gasteiger partial charge in [0.2, 0.25) is 10.0 Å². The van der Waals surface area contributed by atoms with Crippen LogP contribution in [0.3, 0.4) is 0 Å². The van der Waals surface area contributed by atoms with Crippen molar-refractivity contribution in [1.29, 1.82) is 5.26 Å². The van der Waals surface area contributed by atoms with Gasteiger partial charge in [-0.15, -0.1) is 0 Å². The number of aliphatic carboxylic acids is 1. The maximum atomic E-state index is 11.7. The van der Waals surface area contributed by atoms with Crippen LogP contribution in [0.15, 0.2) is 24.3 Å². The average molecular weight is 298 g/mol. The highest BCUT2D eigenvalue weighted by Crippen LogP contribution is 2.07. The number of carbonyl (C=O) groups is 1. The zero-order valence-electron chi connectivity index (χ0n) is 10.5. The molecule has 0 spiro atoms. The van der Waals surface area contributed by atoms with Crippen molar-refractivity contribution in [3.05, 3.63) is 35.4 Å². The highest BCUT2D eigenvalue weighted by Gasteiger charge is 2.15. The van der Waals surface area contributed by atoms with Gasteiger partial charge in [0, 0.05) is 6.54 Å². The van der Waals surface area contributed by atoms with Crippen molar-refractivity contribution in [1.82, 2.24) is 4.72 Å². The number of hydrogen-bond donors (Lipinski definition) is 3. The van der Waals surface area contributed by atoms with Crippen molar-refractivity contribution in [2.24, 2.45) is 0 Å². The Balaban J connectivity index is 2.53. The normalized spacial score (nSPS) is 12.6. The maximum absolute atomic E-state index is 11.7. The Morgan fingerprint density at radius 2 is 1.95 bits per heavy atom. The van der Waals surface area contributed by atoms with Crippen molar-refractivity contribution < 1.29 is 23.4 Å². The SMILES string of the molecule is N#Cc1ccc(CS(=O)(=O)NCCC(O)C(=O)O)cc1. The molecule has 0 aliphatic rings. The van der Waals surface area contributed by atoms with E-state index < -0.39 is 22.1 Å². The second kappa shape index (κ2) is 7.00. The van der Waals surface area contributed by atoms with Gasteiger partial charge in [-0.25, -0.2) is 17.9 Å². The number of nitrogens with one attached hydrogen (secondary N) is 1. The predicted octanol–water partition coefficient (Wildman–Crippen LogP) is -0.187. The van der Waals surface area contributed by atoms with E-state index in [1.165, 1.54) is 24.3 Å². The van der Waals surface area contributed by atoms with Crippen LogP contribution in [0.2, 0.25) is 0 Å². The van der Waals surface area contributed by atoms with E-state index in [0.29, 0.717) is 11.1 Å². The molecular formula is C12H14N2O5S. The fourth-order valence-electron chi connectivity index (χ4n) is 1.42. The number of benzene rings is 1. The van der Waals surface area contributed by atoms with Crippen LogP contribution in [0.1, 0.15) is 17.5 Å². The smallest absolute Gasteiger partial charge is 0.332 e. The molecule has 1 aromatic rings. The van der Waals surface area contributed by atoms with E-state index in [4.69, 9.17) is 15.5 Å². The lowest BCUT2D eigenvalue weighted by Crippen LogP contribution is -2.30. The van der Waals surface area contributed by atoms with E-state index in [2.05, 4.69) is 4.72 Å². The van der Waals surface area contributed by atoms with E-state index in [-0.39, 0.29) is 18.7 Å². The topological polar surface area (TPSA) is 127 Å². The summed E-state index contributed by atoms with van der Waals surface area (Å²) in [6, 6.07) is 8.01. The van der Waals surface area contributed by atoms with Crippen LogP contribution in [0.4, 0.5) is 0 Å². The molecule has 0 saturated heterocycles. The van der Waals surface area contributed by atoms with Crippen LogP contribution in [0, 0.1) is 11.3 Å². The molecule has 1 rings (SSSR count). The molecule has 0 radical (unpaired) electrons. The van der Waals surface area contributed by atoms with Crippen molar-refractivity contribution in [3.63, 3.8) is 0 Å². The summed E-state index contributed by atoms with van der Waals surface area (Å²) in [6.45, 7) is -0.161. The second-order valence-electron chi connectivity index (χ2n) is 4.10. The summed E-state index contributed by atoms with van der Waals surface area (Å²) in [5.74, 6) is -1.67. The van der Waals surface area contributed by atoms with Crippen LogP contribution in [0.5, 0.6) is 0 Å². The summed E-state index contributed by atoms with van der Waals surface area (Å²) in [5.41, 5.74) is 0.943. The Kier molecular flexibility index (Phi) is 5.64. The summed E-state index contributed by atoms with van der Waals surface area (Å²) in [7, 11) is -3.61. The molecule has 1 atom stereocenters. The Morgan fingerprint density at radius 1 is 1.35 bits per heavy atom. The first kappa shape index (κ1) is 16.1. The molecule has 0 amide bonds. The summed E-state index contributed by atoms with van der Waals surface area (Å²) in [6.07, 6.45) is -1.80. The number of aliphatic hydroxyl groups excluding tert-OH is 1. The fraction of sp³-hybridized carbons (Fsp3) is 0.333. The number of aliphatic hydroxyl groups is 1. The van der Waals surface area contributed by atoms with Crippen LogP contribution < -0.4 is 4.72 Å². The fourth-order valence-corrected chi connectivity index (χ4v) is 2.58. The van der Waals surface area contributed by atoms with Gasteiger partial charge in [-0.1, -0.05) is 12.1 Å². The van der Waals surface area contributed by atoms with E-state index in [1.807, 2.05) is 6.07 Å². The van der Waals surface area contributed by atoms with Crippen LogP contribution in [-0.4, -0.2) is 37.2 Å². The summed E-state index contributed by atoms with van der Waals surface area (Å²) in [5, 5.41) is 26.1. The van der Waals surface area contributed by atoms with Gasteiger partial charge in [0.05, 0.1) is 17.4 Å². The maximum Gasteiger partial charge on any atom is 0.332 e. The molecule has 0 fully saturated rings. The number of carboxylic acid groups (broad SMARTS) is 1. The first-order chi connectivity index (χ1) is 9.34. The molecule has 8 heteroatoms. The zero-order chi connectivity index (χ0) is 15.2. The Labute approximate surface area is 116 Å². The molecule has 1 aromatic carbocycles. The highest BCUT2D eigenvalue weighted by molar-refractivity contribution is 7.88. The Bertz CT molecular complexity index is 604. The molecule has 0 aliphatic carbocycles. The highest BCUT2D eigenvalue weighted by atomic mass is 32.2. The van der Waals surface area contributed by atoms with E-state index in [9.17, 15) is 13.2 Å². The van der Waals surface area contributed by atoms with Gasteiger partial charge < -0.3 is 10.2 Å². The third-order valence-electron chi connectivity index (χ3n) is 2.46. The minimum absolute atomic E-state index is 0.161. The zero-order valence-corrected chi connectivity index (χ0v) is 11.3. The van der Waals surface area contributed by atoms with E-state index in [1.54, 1.807) is 0 Å². The lowest BCUT2D eigenvalue weighted by Gasteiger charge is -2.08. The quantitative estimate of drug-likeness (QED) is 0.640. The summed E-state index contributed by atoms with van der Waals surface area (Å²) in [4.78, 5) is 10.4. The van der Waals surface area contributed by atoms with Gasteiger partial charge in [0.25, 0.3) is 0 Å². The molecule has 3 N–H and O–H groups in total. The molecule has 20 heavy (non-hydrogen) atoms. The van der Waals surface area contributed by atoms with Crippen LogP contribution in [0.25, 0.3) is 0 Å². The molecular weight excluding hydrogens is 284 g/mol. The molecule has 0 bridgehead atoms. The van der Waals surface area contributed by atoms with Crippen LogP contribution in [-0.2, 0) is 20.6 Å². The molecule has 0 aromatic heterocycles. The van der Waals surface area contributed by atoms with Crippen molar-refractivity contribution in [2.45, 2.75) is 18.3 Å². The first-order valence-corrected chi connectivity index (χ1v) is 7.36. The minimum Gasteiger partial charge on any atom is -0.479 e. The van der Waals surface area contributed by atoms with Crippen molar-refractivity contribution in [2.75, 3.05) is 6.54 Å².